The van der Waals surface area contributed by atoms with Crippen LogP contribution < -0.4 is 10.0 Å². The molecule has 0 bridgehead atoms. The van der Waals surface area contributed by atoms with E-state index >= 15 is 0 Å². The molecule has 2 saturated carbocycles. The monoisotopic (exact) mass is 762 g/mol. The third-order valence-corrected chi connectivity index (χ3v) is 11.6. The molecule has 0 spiro atoms. The van der Waals surface area contributed by atoms with Crippen molar-refractivity contribution in [2.45, 2.75) is 115 Å². The van der Waals surface area contributed by atoms with Gasteiger partial charge in [0.05, 0.1) is 28.6 Å². The minimum absolute atomic E-state index is 0.00205. The van der Waals surface area contributed by atoms with E-state index in [9.17, 15) is 32.7 Å². The van der Waals surface area contributed by atoms with E-state index in [2.05, 4.69) is 25.7 Å². The summed E-state index contributed by atoms with van der Waals surface area (Å²) in [6, 6.07) is 6.74. The first-order valence-corrected chi connectivity index (χ1v) is 19.8. The number of benzene rings is 1. The number of carbonyl (C=O) groups excluding carboxylic acids is 4. The summed E-state index contributed by atoms with van der Waals surface area (Å²) in [5, 5.41) is 13.7. The lowest BCUT2D eigenvalue weighted by molar-refractivity contribution is -0.140. The summed E-state index contributed by atoms with van der Waals surface area (Å²) in [5.41, 5.74) is 0.138. The van der Waals surface area contributed by atoms with Crippen LogP contribution in [0.15, 0.2) is 36.4 Å². The van der Waals surface area contributed by atoms with Gasteiger partial charge in [0.25, 0.3) is 0 Å². The topological polar surface area (TPSA) is 180 Å². The van der Waals surface area contributed by atoms with Crippen molar-refractivity contribution in [1.82, 2.24) is 28.8 Å². The van der Waals surface area contributed by atoms with Crippen molar-refractivity contribution >= 4 is 56.5 Å². The van der Waals surface area contributed by atoms with E-state index in [0.29, 0.717) is 30.6 Å². The number of aliphatic hydroxyl groups is 1. The van der Waals surface area contributed by atoms with Gasteiger partial charge in [-0.25, -0.2) is 14.5 Å². The van der Waals surface area contributed by atoms with Crippen molar-refractivity contribution in [3.63, 3.8) is 0 Å². The molecule has 3 amide bonds. The molecule has 5 atom stereocenters. The number of hydrogen-bond donors (Lipinski definition) is 3. The van der Waals surface area contributed by atoms with Crippen molar-refractivity contribution in [1.29, 1.82) is 0 Å². The molecule has 16 heteroatoms. The van der Waals surface area contributed by atoms with Gasteiger partial charge in [0.2, 0.25) is 17.1 Å². The van der Waals surface area contributed by atoms with Crippen molar-refractivity contribution in [2.75, 3.05) is 20.6 Å². The van der Waals surface area contributed by atoms with Crippen LogP contribution in [-0.4, -0.2) is 100 Å². The summed E-state index contributed by atoms with van der Waals surface area (Å²) >= 11 is 6.05. The molecule has 3 N–H and O–H groups in total. The molecule has 1 aromatic heterocycles. The predicted molar refractivity (Wildman–Crippen MR) is 195 cm³/mol. The molecule has 6 rings (SSSR count). The number of aliphatic hydroxyl groups excluding tert-OH is 1. The fourth-order valence-corrected chi connectivity index (χ4v) is 7.82. The fraction of sp³-hybridized carbons (Fsp3) is 0.639. The van der Waals surface area contributed by atoms with E-state index < -0.39 is 63.1 Å². The molecule has 0 unspecified atom stereocenters. The minimum atomic E-state index is -4.07. The summed E-state index contributed by atoms with van der Waals surface area (Å²) < 4.78 is 35.2. The normalized spacial score (nSPS) is 27.7. The molecule has 3 fully saturated rings. The number of imidazole rings is 1. The first-order valence-electron chi connectivity index (χ1n) is 18.0. The maximum atomic E-state index is 13.6. The number of fused-ring (bicyclic) bond motifs is 3. The predicted octanol–water partition coefficient (Wildman–Crippen LogP) is 4.27. The van der Waals surface area contributed by atoms with Crippen LogP contribution in [0.25, 0.3) is 11.0 Å². The van der Waals surface area contributed by atoms with Crippen molar-refractivity contribution in [2.24, 2.45) is 11.3 Å². The number of aromatic nitrogens is 2. The van der Waals surface area contributed by atoms with Gasteiger partial charge in [-0.05, 0) is 88.9 Å². The van der Waals surface area contributed by atoms with Gasteiger partial charge in [-0.15, -0.1) is 0 Å². The van der Waals surface area contributed by atoms with Gasteiger partial charge in [0.15, 0.2) is 5.78 Å². The van der Waals surface area contributed by atoms with Gasteiger partial charge in [0, 0.05) is 39.5 Å². The second-order valence-corrected chi connectivity index (χ2v) is 17.7. The number of hydrogen-bond acceptors (Lipinski definition) is 9. The van der Waals surface area contributed by atoms with Crippen LogP contribution in [0.2, 0.25) is 5.28 Å². The molecule has 52 heavy (non-hydrogen) atoms. The number of allylic oxidation sites excluding steroid dienone is 2. The van der Waals surface area contributed by atoms with Gasteiger partial charge in [0.1, 0.15) is 11.6 Å². The first kappa shape index (κ1) is 39.7. The number of para-hydroxylation sites is 2. The maximum absolute atomic E-state index is 13.6. The highest BCUT2D eigenvalue weighted by molar-refractivity contribution is 7.87. The van der Waals surface area contributed by atoms with Gasteiger partial charge in [-0.3, -0.25) is 14.4 Å². The highest BCUT2D eigenvalue weighted by atomic mass is 35.5. The number of rotatable bonds is 5. The average Bonchev–Trinajstić information content (AvgIpc) is 3.94. The Hall–Kier alpha value is -3.53. The zero-order valence-corrected chi connectivity index (χ0v) is 32.1. The molecule has 1 saturated heterocycles. The number of alkyl carbamates (subject to hydrolysis) is 1. The molecule has 3 heterocycles. The van der Waals surface area contributed by atoms with Crippen molar-refractivity contribution in [3.8, 4) is 0 Å². The molecule has 0 radical (unpaired) electrons. The number of amides is 3. The van der Waals surface area contributed by atoms with Crippen LogP contribution in [0.1, 0.15) is 91.0 Å². The standard InChI is InChI=1S/C26H42N4O8S.C10H9ClN2/c1-25(2,3)38-24(35)27-19-12-10-8-6-7-9-11-17-14-26(17,23(34)28-39(36,37)29(4)5)15-21(32)20-13-18(31)16-30(20)22(19)33;11-10-12-8-3-1-2-4-9(8)13(10)7-5-6-7/h9,11,17-20,31H,6-8,10,12-16H2,1-5H3,(H,27,35)(H,28,34);1-4,7H,5-6H2/b11-9-;/t17-,18-,19+,20+,26-;/m1./s1. The third kappa shape index (κ3) is 9.52. The molecular formula is C36H51ClN6O8S. The van der Waals surface area contributed by atoms with Gasteiger partial charge in [-0.2, -0.15) is 12.7 Å². The van der Waals surface area contributed by atoms with Crippen molar-refractivity contribution in [3.05, 3.63) is 41.7 Å². The SMILES string of the molecule is CN(C)S(=O)(=O)NC(=O)[C@]12CC(=O)[C@@H]3C[C@@H](O)CN3C(=O)[C@@H](NC(=O)OC(C)(C)C)CCCCC/C=C\[C@@H]1C2.Clc1nc2ccccc2n1C1CC1. The quantitative estimate of drug-likeness (QED) is 0.375. The Morgan fingerprint density at radius 3 is 2.48 bits per heavy atom. The fourth-order valence-electron chi connectivity index (χ4n) is 6.88. The van der Waals surface area contributed by atoms with Gasteiger partial charge in [-0.1, -0.05) is 37.1 Å². The lowest BCUT2D eigenvalue weighted by atomic mass is 9.91. The van der Waals surface area contributed by atoms with Gasteiger partial charge < -0.3 is 24.6 Å². The third-order valence-electron chi connectivity index (χ3n) is 9.90. The largest absolute Gasteiger partial charge is 0.444 e. The Morgan fingerprint density at radius 2 is 1.81 bits per heavy atom. The second-order valence-electron chi connectivity index (χ2n) is 15.5. The molecular weight excluding hydrogens is 712 g/mol. The molecule has 2 aromatic rings. The summed E-state index contributed by atoms with van der Waals surface area (Å²) in [4.78, 5) is 58.6. The van der Waals surface area contributed by atoms with E-state index in [1.54, 1.807) is 20.8 Å². The van der Waals surface area contributed by atoms with E-state index in [4.69, 9.17) is 16.3 Å². The van der Waals surface area contributed by atoms with E-state index in [-0.39, 0.29) is 25.3 Å². The number of nitrogens with one attached hydrogen (secondary N) is 2. The van der Waals surface area contributed by atoms with Crippen LogP contribution >= 0.6 is 11.6 Å². The second kappa shape index (κ2) is 15.8. The van der Waals surface area contributed by atoms with Crippen LogP contribution in [0.5, 0.6) is 0 Å². The van der Waals surface area contributed by atoms with Gasteiger partial charge >= 0.3 is 16.3 Å². The molecule has 2 aliphatic carbocycles. The number of ether oxygens (including phenoxy) is 1. The first-order chi connectivity index (χ1) is 24.4. The lowest BCUT2D eigenvalue weighted by Crippen LogP contribution is -2.53. The van der Waals surface area contributed by atoms with E-state index in [1.165, 1.54) is 31.8 Å². The van der Waals surface area contributed by atoms with Crippen LogP contribution in [0.3, 0.4) is 0 Å². The zero-order valence-electron chi connectivity index (χ0n) is 30.5. The number of Topliss-reactive ketones (excluding diaryl/α,β-unsaturated/α-hetero) is 1. The zero-order chi connectivity index (χ0) is 38.0. The summed E-state index contributed by atoms with van der Waals surface area (Å²) in [6.07, 6.45) is 7.92. The highest BCUT2D eigenvalue weighted by Gasteiger charge is 2.61. The Bertz CT molecular complexity index is 1800. The number of nitrogens with zero attached hydrogens (tertiary/aromatic N) is 4. The summed E-state index contributed by atoms with van der Waals surface area (Å²) in [6.45, 7) is 5.06. The molecule has 4 aliphatic rings. The summed E-state index contributed by atoms with van der Waals surface area (Å²) in [5.74, 6) is -2.01. The van der Waals surface area contributed by atoms with E-state index in [0.717, 1.165) is 34.6 Å². The summed E-state index contributed by atoms with van der Waals surface area (Å²) in [7, 11) is -1.47. The van der Waals surface area contributed by atoms with Crippen LogP contribution in [0.4, 0.5) is 4.79 Å². The minimum Gasteiger partial charge on any atom is -0.444 e. The maximum Gasteiger partial charge on any atom is 0.408 e. The Balaban J connectivity index is 0.000000330. The number of carbonyl (C=O) groups is 4. The molecule has 286 valence electrons. The number of halogens is 1. The lowest BCUT2D eigenvalue weighted by Gasteiger charge is -2.30. The smallest absolute Gasteiger partial charge is 0.408 e. The van der Waals surface area contributed by atoms with Crippen molar-refractivity contribution < 1.29 is 37.4 Å². The Kier molecular flexibility index (Phi) is 12.1. The Labute approximate surface area is 310 Å². The van der Waals surface area contributed by atoms with Crippen LogP contribution in [-0.2, 0) is 29.3 Å². The number of ketones is 1. The molecule has 2 aliphatic heterocycles. The van der Waals surface area contributed by atoms with Crippen LogP contribution in [0, 0.1) is 11.3 Å². The Morgan fingerprint density at radius 1 is 1.10 bits per heavy atom. The van der Waals surface area contributed by atoms with E-state index in [1.807, 2.05) is 30.4 Å². The molecule has 1 aromatic carbocycles. The molecule has 14 nitrogen and oxygen atoms in total. The highest BCUT2D eigenvalue weighted by Crippen LogP contribution is 2.57. The average molecular weight is 763 g/mol.